The molecule has 0 spiro atoms. The smallest absolute Gasteiger partial charge is 0.243 e. The van der Waals surface area contributed by atoms with E-state index in [-0.39, 0.29) is 5.78 Å². The molecule has 0 amide bonds. The molecule has 1 saturated heterocycles. The highest BCUT2D eigenvalue weighted by atomic mass is 32.2. The van der Waals surface area contributed by atoms with Gasteiger partial charge in [-0.15, -0.1) is 0 Å². The minimum absolute atomic E-state index is 0.133. The van der Waals surface area contributed by atoms with Crippen molar-refractivity contribution in [3.8, 4) is 0 Å². The predicted molar refractivity (Wildman–Crippen MR) is 109 cm³/mol. The van der Waals surface area contributed by atoms with E-state index in [1.807, 2.05) is 42.5 Å². The lowest BCUT2D eigenvalue weighted by atomic mass is 10.1. The van der Waals surface area contributed by atoms with Crippen LogP contribution in [0.25, 0.3) is 0 Å². The lowest BCUT2D eigenvalue weighted by molar-refractivity contribution is 0.0952. The van der Waals surface area contributed by atoms with Crippen molar-refractivity contribution < 1.29 is 13.2 Å². The van der Waals surface area contributed by atoms with Crippen LogP contribution in [-0.2, 0) is 22.9 Å². The third kappa shape index (κ3) is 4.04. The van der Waals surface area contributed by atoms with Crippen LogP contribution in [0.5, 0.6) is 0 Å². The van der Waals surface area contributed by atoms with E-state index in [2.05, 4.69) is 4.90 Å². The van der Waals surface area contributed by atoms with Gasteiger partial charge in [-0.25, -0.2) is 8.42 Å². The summed E-state index contributed by atoms with van der Waals surface area (Å²) >= 11 is 0. The molecule has 1 fully saturated rings. The summed E-state index contributed by atoms with van der Waals surface area (Å²) in [5, 5.41) is 0. The second-order valence-corrected chi connectivity index (χ2v) is 9.51. The fraction of sp³-hybridized carbons (Fsp3) is 0.409. The van der Waals surface area contributed by atoms with Gasteiger partial charge in [0, 0.05) is 44.7 Å². The van der Waals surface area contributed by atoms with Crippen molar-refractivity contribution in [3.63, 3.8) is 0 Å². The minimum atomic E-state index is -3.44. The fourth-order valence-corrected chi connectivity index (χ4v) is 5.55. The molecule has 6 heteroatoms. The number of aryl methyl sites for hydroxylation is 2. The number of carbonyl (C=O) groups is 1. The maximum Gasteiger partial charge on any atom is 0.243 e. The van der Waals surface area contributed by atoms with Crippen LogP contribution < -0.4 is 0 Å². The molecule has 0 atom stereocenters. The standard InChI is InChI=1S/C22H26N2O3S/c25-22(19-5-2-1-3-6-19)11-12-23-13-15-24(16-14-23)28(26,27)21-10-9-18-7-4-8-20(18)17-21/h1-3,5-6,9-10,17H,4,7-8,11-16H2. The Morgan fingerprint density at radius 3 is 2.36 bits per heavy atom. The van der Waals surface area contributed by atoms with E-state index in [9.17, 15) is 13.2 Å². The third-order valence-electron chi connectivity index (χ3n) is 5.79. The van der Waals surface area contributed by atoms with E-state index in [1.165, 1.54) is 11.1 Å². The first kappa shape index (κ1) is 19.3. The topological polar surface area (TPSA) is 57.7 Å². The zero-order valence-electron chi connectivity index (χ0n) is 16.0. The van der Waals surface area contributed by atoms with Gasteiger partial charge < -0.3 is 4.90 Å². The van der Waals surface area contributed by atoms with Crippen molar-refractivity contribution in [3.05, 3.63) is 65.2 Å². The number of hydrogen-bond donors (Lipinski definition) is 0. The van der Waals surface area contributed by atoms with E-state index < -0.39 is 10.0 Å². The summed E-state index contributed by atoms with van der Waals surface area (Å²) in [6.07, 6.45) is 3.60. The largest absolute Gasteiger partial charge is 0.300 e. The van der Waals surface area contributed by atoms with E-state index in [0.29, 0.717) is 44.0 Å². The molecule has 2 aromatic carbocycles. The van der Waals surface area contributed by atoms with Crippen LogP contribution in [0.1, 0.15) is 34.3 Å². The monoisotopic (exact) mass is 398 g/mol. The molecule has 1 heterocycles. The van der Waals surface area contributed by atoms with Gasteiger partial charge >= 0.3 is 0 Å². The zero-order valence-corrected chi connectivity index (χ0v) is 16.8. The van der Waals surface area contributed by atoms with Crippen molar-refractivity contribution in [2.75, 3.05) is 32.7 Å². The molecule has 4 rings (SSSR count). The summed E-state index contributed by atoms with van der Waals surface area (Å²) in [6.45, 7) is 2.93. The van der Waals surface area contributed by atoms with Crippen LogP contribution in [0.15, 0.2) is 53.4 Å². The SMILES string of the molecule is O=C(CCN1CCN(S(=O)(=O)c2ccc3c(c2)CCC3)CC1)c1ccccc1. The molecule has 0 aromatic heterocycles. The lowest BCUT2D eigenvalue weighted by Crippen LogP contribution is -2.48. The van der Waals surface area contributed by atoms with Crippen molar-refractivity contribution in [2.45, 2.75) is 30.6 Å². The molecule has 1 aliphatic carbocycles. The van der Waals surface area contributed by atoms with Gasteiger partial charge in [-0.2, -0.15) is 4.31 Å². The number of Topliss-reactive ketones (excluding diaryl/α,β-unsaturated/α-hetero) is 1. The summed E-state index contributed by atoms with van der Waals surface area (Å²) in [4.78, 5) is 14.8. The molecule has 5 nitrogen and oxygen atoms in total. The van der Waals surface area contributed by atoms with Crippen LogP contribution in [0.2, 0.25) is 0 Å². The fourth-order valence-electron chi connectivity index (χ4n) is 4.08. The minimum Gasteiger partial charge on any atom is -0.300 e. The average molecular weight is 399 g/mol. The maximum absolute atomic E-state index is 13.0. The maximum atomic E-state index is 13.0. The van der Waals surface area contributed by atoms with Gasteiger partial charge in [0.2, 0.25) is 10.0 Å². The molecule has 2 aliphatic rings. The first-order valence-corrected chi connectivity index (χ1v) is 11.4. The summed E-state index contributed by atoms with van der Waals surface area (Å²) in [6, 6.07) is 14.9. The Labute approximate surface area is 167 Å². The molecule has 0 radical (unpaired) electrons. The Kier molecular flexibility index (Phi) is 5.62. The number of benzene rings is 2. The Bertz CT molecular complexity index is 949. The van der Waals surface area contributed by atoms with Crippen LogP contribution in [0.4, 0.5) is 0 Å². The number of nitrogens with zero attached hydrogens (tertiary/aromatic N) is 2. The summed E-state index contributed by atoms with van der Waals surface area (Å²) in [7, 11) is -3.44. The van der Waals surface area contributed by atoms with Crippen molar-refractivity contribution in [1.82, 2.24) is 9.21 Å². The molecule has 28 heavy (non-hydrogen) atoms. The van der Waals surface area contributed by atoms with E-state index in [1.54, 1.807) is 10.4 Å². The van der Waals surface area contributed by atoms with Gasteiger partial charge in [-0.1, -0.05) is 36.4 Å². The van der Waals surface area contributed by atoms with Gasteiger partial charge in [0.25, 0.3) is 0 Å². The van der Waals surface area contributed by atoms with E-state index in [4.69, 9.17) is 0 Å². The second kappa shape index (κ2) is 8.15. The normalized spacial score (nSPS) is 18.1. The van der Waals surface area contributed by atoms with Crippen LogP contribution in [0.3, 0.4) is 0 Å². The Morgan fingerprint density at radius 1 is 0.893 bits per heavy atom. The number of ketones is 1. The van der Waals surface area contributed by atoms with Gasteiger partial charge in [-0.3, -0.25) is 4.79 Å². The molecule has 2 aromatic rings. The molecule has 0 bridgehead atoms. The summed E-state index contributed by atoms with van der Waals surface area (Å²) in [5.74, 6) is 0.133. The molecular weight excluding hydrogens is 372 g/mol. The highest BCUT2D eigenvalue weighted by Gasteiger charge is 2.29. The molecule has 0 unspecified atom stereocenters. The Balaban J connectivity index is 1.33. The summed E-state index contributed by atoms with van der Waals surface area (Å²) < 4.78 is 27.6. The Morgan fingerprint density at radius 2 is 1.61 bits per heavy atom. The zero-order chi connectivity index (χ0) is 19.6. The first-order valence-electron chi connectivity index (χ1n) is 9.96. The van der Waals surface area contributed by atoms with Crippen molar-refractivity contribution in [2.24, 2.45) is 0 Å². The Hall–Kier alpha value is -2.02. The van der Waals surface area contributed by atoms with E-state index in [0.717, 1.165) is 24.8 Å². The van der Waals surface area contributed by atoms with Crippen LogP contribution >= 0.6 is 0 Å². The van der Waals surface area contributed by atoms with Gasteiger partial charge in [0.05, 0.1) is 4.90 Å². The number of carbonyl (C=O) groups excluding carboxylic acids is 1. The number of piperazine rings is 1. The number of sulfonamides is 1. The van der Waals surface area contributed by atoms with Gasteiger partial charge in [0.1, 0.15) is 0 Å². The van der Waals surface area contributed by atoms with Gasteiger partial charge in [0.15, 0.2) is 5.78 Å². The van der Waals surface area contributed by atoms with Crippen LogP contribution in [0, 0.1) is 0 Å². The van der Waals surface area contributed by atoms with E-state index >= 15 is 0 Å². The first-order chi connectivity index (χ1) is 13.5. The third-order valence-corrected chi connectivity index (χ3v) is 7.68. The second-order valence-electron chi connectivity index (χ2n) is 7.57. The van der Waals surface area contributed by atoms with Gasteiger partial charge in [-0.05, 0) is 42.5 Å². The highest BCUT2D eigenvalue weighted by Crippen LogP contribution is 2.26. The molecule has 1 aliphatic heterocycles. The molecule has 148 valence electrons. The van der Waals surface area contributed by atoms with Crippen LogP contribution in [-0.4, -0.2) is 56.1 Å². The summed E-state index contributed by atoms with van der Waals surface area (Å²) in [5.41, 5.74) is 3.20. The average Bonchev–Trinajstić information content (AvgIpc) is 3.21. The molecule has 0 N–H and O–H groups in total. The molecule has 0 saturated carbocycles. The predicted octanol–water partition coefficient (Wildman–Crippen LogP) is 2.75. The number of hydrogen-bond acceptors (Lipinski definition) is 4. The quantitative estimate of drug-likeness (QED) is 0.702. The lowest BCUT2D eigenvalue weighted by Gasteiger charge is -2.33. The number of fused-ring (bicyclic) bond motifs is 1. The number of rotatable bonds is 6. The molecular formula is C22H26N2O3S. The van der Waals surface area contributed by atoms with Crippen molar-refractivity contribution >= 4 is 15.8 Å². The van der Waals surface area contributed by atoms with Crippen molar-refractivity contribution in [1.29, 1.82) is 0 Å². The highest BCUT2D eigenvalue weighted by molar-refractivity contribution is 7.89.